The summed E-state index contributed by atoms with van der Waals surface area (Å²) in [5.41, 5.74) is 1.68. The van der Waals surface area contributed by atoms with Crippen molar-refractivity contribution in [2.24, 2.45) is 0 Å². The van der Waals surface area contributed by atoms with Crippen LogP contribution in [-0.4, -0.2) is 37.7 Å². The number of thiocarbonyl (C=S) groups is 1. The third-order valence-corrected chi connectivity index (χ3v) is 4.51. The second kappa shape index (κ2) is 5.86. The molecule has 0 atom stereocenters. The largest absolute Gasteiger partial charge is 0.480 e. The van der Waals surface area contributed by atoms with Crippen molar-refractivity contribution in [1.29, 1.82) is 0 Å². The molecule has 0 unspecified atom stereocenters. The zero-order chi connectivity index (χ0) is 15.7. The van der Waals surface area contributed by atoms with Gasteiger partial charge in [0.05, 0.1) is 10.4 Å². The minimum Gasteiger partial charge on any atom is -0.480 e. The molecule has 1 saturated heterocycles. The maximum atomic E-state index is 12.3. The van der Waals surface area contributed by atoms with Crippen LogP contribution in [0, 0.1) is 0 Å². The van der Waals surface area contributed by atoms with E-state index < -0.39 is 12.5 Å². The standard InChI is InChI=1S/C15H10N2O3S2/c18-13(19)8-17-14(20)12(22-15(17)21)7-9-5-6-16-11-4-2-1-3-10(9)11/h1-7H,8H2,(H,18,19)/b12-7-. The molecule has 0 radical (unpaired) electrons. The number of fused-ring (bicyclic) bond motifs is 1. The smallest absolute Gasteiger partial charge is 0.323 e. The monoisotopic (exact) mass is 330 g/mol. The van der Waals surface area contributed by atoms with Crippen molar-refractivity contribution in [3.05, 3.63) is 47.0 Å². The molecular weight excluding hydrogens is 320 g/mol. The van der Waals surface area contributed by atoms with E-state index in [-0.39, 0.29) is 10.2 Å². The molecule has 1 aromatic heterocycles. The number of carboxylic acid groups (broad SMARTS) is 1. The summed E-state index contributed by atoms with van der Waals surface area (Å²) in [6, 6.07) is 9.42. The predicted molar refractivity (Wildman–Crippen MR) is 89.3 cm³/mol. The van der Waals surface area contributed by atoms with E-state index in [9.17, 15) is 9.59 Å². The van der Waals surface area contributed by atoms with Crippen LogP contribution in [0.1, 0.15) is 5.56 Å². The van der Waals surface area contributed by atoms with Gasteiger partial charge in [0.2, 0.25) is 0 Å². The Labute approximate surface area is 135 Å². The van der Waals surface area contributed by atoms with Gasteiger partial charge in [-0.3, -0.25) is 19.5 Å². The summed E-state index contributed by atoms with van der Waals surface area (Å²) in [6.07, 6.45) is 3.40. The Morgan fingerprint density at radius 3 is 2.91 bits per heavy atom. The number of amides is 1. The lowest BCUT2D eigenvalue weighted by atomic mass is 10.1. The van der Waals surface area contributed by atoms with Crippen LogP contribution < -0.4 is 0 Å². The molecule has 110 valence electrons. The van der Waals surface area contributed by atoms with Crippen molar-refractivity contribution < 1.29 is 14.7 Å². The molecule has 2 heterocycles. The van der Waals surface area contributed by atoms with Gasteiger partial charge in [-0.05, 0) is 23.8 Å². The number of aliphatic carboxylic acids is 1. The Kier molecular flexibility index (Phi) is 3.91. The van der Waals surface area contributed by atoms with Crippen LogP contribution in [-0.2, 0) is 9.59 Å². The summed E-state index contributed by atoms with van der Waals surface area (Å²) in [5.74, 6) is -1.47. The van der Waals surface area contributed by atoms with Gasteiger partial charge in [0.1, 0.15) is 10.9 Å². The second-order valence-electron chi connectivity index (χ2n) is 4.58. The van der Waals surface area contributed by atoms with Gasteiger partial charge in [-0.25, -0.2) is 0 Å². The SMILES string of the molecule is O=C(O)CN1C(=O)/C(=C/c2ccnc3ccccc23)SC1=S. The number of aromatic nitrogens is 1. The Balaban J connectivity index is 2.00. The molecular formula is C15H10N2O3S2. The normalized spacial score (nSPS) is 16.7. The third kappa shape index (κ3) is 2.72. The lowest BCUT2D eigenvalue weighted by molar-refractivity contribution is -0.140. The topological polar surface area (TPSA) is 70.5 Å². The zero-order valence-corrected chi connectivity index (χ0v) is 12.9. The summed E-state index contributed by atoms with van der Waals surface area (Å²) in [6.45, 7) is -0.418. The Bertz CT molecular complexity index is 827. The van der Waals surface area contributed by atoms with Crippen molar-refractivity contribution in [2.75, 3.05) is 6.54 Å². The van der Waals surface area contributed by atoms with Gasteiger partial charge in [-0.1, -0.05) is 42.2 Å². The molecule has 3 rings (SSSR count). The molecule has 0 saturated carbocycles. The quantitative estimate of drug-likeness (QED) is 0.689. The first kappa shape index (κ1) is 14.7. The summed E-state index contributed by atoms with van der Waals surface area (Å²) in [5, 5.41) is 9.76. The van der Waals surface area contributed by atoms with E-state index in [0.29, 0.717) is 4.91 Å². The Morgan fingerprint density at radius 2 is 2.14 bits per heavy atom. The van der Waals surface area contributed by atoms with Crippen LogP contribution in [0.25, 0.3) is 17.0 Å². The maximum Gasteiger partial charge on any atom is 0.323 e. The van der Waals surface area contributed by atoms with Crippen molar-refractivity contribution >= 4 is 57.2 Å². The van der Waals surface area contributed by atoms with Crippen molar-refractivity contribution in [3.63, 3.8) is 0 Å². The average Bonchev–Trinajstić information content (AvgIpc) is 2.75. The minimum atomic E-state index is -1.09. The molecule has 1 aliphatic heterocycles. The third-order valence-electron chi connectivity index (χ3n) is 3.14. The van der Waals surface area contributed by atoms with Gasteiger partial charge in [-0.15, -0.1) is 0 Å². The van der Waals surface area contributed by atoms with E-state index in [1.54, 1.807) is 12.3 Å². The first-order valence-electron chi connectivity index (χ1n) is 6.37. The number of benzene rings is 1. The summed E-state index contributed by atoms with van der Waals surface area (Å²) in [4.78, 5) is 28.8. The molecule has 1 N–H and O–H groups in total. The van der Waals surface area contributed by atoms with E-state index in [1.807, 2.05) is 30.3 Å². The summed E-state index contributed by atoms with van der Waals surface area (Å²) >= 11 is 6.19. The van der Waals surface area contributed by atoms with Crippen LogP contribution in [0.3, 0.4) is 0 Å². The number of hydrogen-bond donors (Lipinski definition) is 1. The fourth-order valence-electron chi connectivity index (χ4n) is 2.16. The predicted octanol–water partition coefficient (Wildman–Crippen LogP) is 2.52. The van der Waals surface area contributed by atoms with E-state index in [1.165, 1.54) is 0 Å². The minimum absolute atomic E-state index is 0.261. The first-order valence-corrected chi connectivity index (χ1v) is 7.59. The molecule has 2 aromatic rings. The zero-order valence-electron chi connectivity index (χ0n) is 11.2. The molecule has 0 spiro atoms. The van der Waals surface area contributed by atoms with Gasteiger partial charge in [-0.2, -0.15) is 0 Å². The lowest BCUT2D eigenvalue weighted by Gasteiger charge is -2.10. The number of rotatable bonds is 3. The van der Waals surface area contributed by atoms with Gasteiger partial charge in [0.15, 0.2) is 0 Å². The Morgan fingerprint density at radius 1 is 1.36 bits per heavy atom. The highest BCUT2D eigenvalue weighted by Crippen LogP contribution is 2.33. The average molecular weight is 330 g/mol. The van der Waals surface area contributed by atoms with E-state index in [0.717, 1.165) is 33.1 Å². The number of nitrogens with zero attached hydrogens (tertiary/aromatic N) is 2. The molecule has 1 aliphatic rings. The van der Waals surface area contributed by atoms with Gasteiger partial charge >= 0.3 is 5.97 Å². The van der Waals surface area contributed by atoms with Gasteiger partial charge < -0.3 is 5.11 Å². The van der Waals surface area contributed by atoms with E-state index >= 15 is 0 Å². The lowest BCUT2D eigenvalue weighted by Crippen LogP contribution is -2.33. The van der Waals surface area contributed by atoms with Crippen LogP contribution in [0.2, 0.25) is 0 Å². The number of carboxylic acids is 1. The molecule has 1 amide bonds. The highest BCUT2D eigenvalue weighted by atomic mass is 32.2. The number of thioether (sulfide) groups is 1. The second-order valence-corrected chi connectivity index (χ2v) is 6.25. The van der Waals surface area contributed by atoms with Crippen LogP contribution in [0.15, 0.2) is 41.4 Å². The molecule has 0 aliphatic carbocycles. The number of para-hydroxylation sites is 1. The van der Waals surface area contributed by atoms with E-state index in [2.05, 4.69) is 4.98 Å². The Hall–Kier alpha value is -2.25. The van der Waals surface area contributed by atoms with Gasteiger partial charge in [0.25, 0.3) is 5.91 Å². The van der Waals surface area contributed by atoms with Crippen LogP contribution >= 0.6 is 24.0 Å². The molecule has 7 heteroatoms. The van der Waals surface area contributed by atoms with Crippen molar-refractivity contribution in [2.45, 2.75) is 0 Å². The van der Waals surface area contributed by atoms with Crippen LogP contribution in [0.4, 0.5) is 0 Å². The van der Waals surface area contributed by atoms with Crippen molar-refractivity contribution in [1.82, 2.24) is 9.88 Å². The molecule has 1 fully saturated rings. The molecule has 0 bridgehead atoms. The van der Waals surface area contributed by atoms with Gasteiger partial charge in [0, 0.05) is 11.6 Å². The number of carbonyl (C=O) groups is 2. The van der Waals surface area contributed by atoms with Crippen LogP contribution in [0.5, 0.6) is 0 Å². The van der Waals surface area contributed by atoms with E-state index in [4.69, 9.17) is 17.3 Å². The summed E-state index contributed by atoms with van der Waals surface area (Å²) in [7, 11) is 0. The first-order chi connectivity index (χ1) is 10.6. The molecule has 5 nitrogen and oxygen atoms in total. The molecule has 22 heavy (non-hydrogen) atoms. The number of carbonyl (C=O) groups excluding carboxylic acids is 1. The highest BCUT2D eigenvalue weighted by Gasteiger charge is 2.33. The fourth-order valence-corrected chi connectivity index (χ4v) is 3.40. The van der Waals surface area contributed by atoms with Crippen molar-refractivity contribution in [3.8, 4) is 0 Å². The molecule has 1 aromatic carbocycles. The fraction of sp³-hybridized carbons (Fsp3) is 0.0667. The maximum absolute atomic E-state index is 12.3. The highest BCUT2D eigenvalue weighted by molar-refractivity contribution is 8.26. The number of hydrogen-bond acceptors (Lipinski definition) is 5. The number of pyridine rings is 1. The summed E-state index contributed by atoms with van der Waals surface area (Å²) < 4.78 is 0.261.